The maximum Gasteiger partial charge on any atom is 0.329 e. The van der Waals surface area contributed by atoms with E-state index >= 15 is 0 Å². The van der Waals surface area contributed by atoms with Gasteiger partial charge >= 0.3 is 5.69 Å². The highest BCUT2D eigenvalue weighted by Crippen LogP contribution is 2.33. The number of aromatic nitrogens is 2. The molecule has 5 heteroatoms. The maximum absolute atomic E-state index is 12.8. The lowest BCUT2D eigenvalue weighted by Crippen LogP contribution is -2.43. The lowest BCUT2D eigenvalue weighted by atomic mass is 10.0. The van der Waals surface area contributed by atoms with Crippen molar-refractivity contribution >= 4 is 10.8 Å². The minimum Gasteiger partial charge on any atom is -0.493 e. The molecule has 5 nitrogen and oxygen atoms in total. The van der Waals surface area contributed by atoms with Crippen LogP contribution in [0, 0.1) is 0 Å². The Labute approximate surface area is 177 Å². The molecule has 2 aliphatic carbocycles. The van der Waals surface area contributed by atoms with E-state index in [4.69, 9.17) is 0 Å². The fraction of sp³-hybridized carbons (Fsp3) is 0.480. The molecule has 2 fully saturated rings. The van der Waals surface area contributed by atoms with Gasteiger partial charge in [0.25, 0.3) is 0 Å². The van der Waals surface area contributed by atoms with E-state index in [0.29, 0.717) is 30.9 Å². The van der Waals surface area contributed by atoms with Gasteiger partial charge in [0.05, 0.1) is 12.4 Å². The summed E-state index contributed by atoms with van der Waals surface area (Å²) in [6.07, 6.45) is 10.4. The van der Waals surface area contributed by atoms with Crippen molar-refractivity contribution in [3.8, 4) is 5.88 Å². The second-order valence-electron chi connectivity index (χ2n) is 9.01. The molecule has 0 radical (unpaired) electrons. The summed E-state index contributed by atoms with van der Waals surface area (Å²) < 4.78 is 1.55. The van der Waals surface area contributed by atoms with Gasteiger partial charge in [0.15, 0.2) is 0 Å². The summed E-state index contributed by atoms with van der Waals surface area (Å²) in [6, 6.07) is 15.5. The van der Waals surface area contributed by atoms with Crippen LogP contribution < -0.4 is 5.69 Å². The van der Waals surface area contributed by atoms with Gasteiger partial charge in [0.2, 0.25) is 5.88 Å². The minimum atomic E-state index is -0.205. The van der Waals surface area contributed by atoms with Crippen LogP contribution in [0.25, 0.3) is 10.8 Å². The van der Waals surface area contributed by atoms with E-state index in [1.165, 1.54) is 56.8 Å². The van der Waals surface area contributed by atoms with Gasteiger partial charge in [0, 0.05) is 18.5 Å². The average Bonchev–Trinajstić information content (AvgIpc) is 3.52. The molecule has 30 heavy (non-hydrogen) atoms. The molecule has 5 rings (SSSR count). The van der Waals surface area contributed by atoms with Crippen molar-refractivity contribution in [2.24, 2.45) is 0 Å². The van der Waals surface area contributed by atoms with Crippen LogP contribution in [0.4, 0.5) is 0 Å². The van der Waals surface area contributed by atoms with E-state index < -0.39 is 0 Å². The normalized spacial score (nSPS) is 18.2. The smallest absolute Gasteiger partial charge is 0.329 e. The molecule has 158 valence electrons. The molecule has 0 saturated heterocycles. The third-order valence-electron chi connectivity index (χ3n) is 7.17. The number of benzene rings is 2. The van der Waals surface area contributed by atoms with Gasteiger partial charge in [-0.15, -0.1) is 0 Å². The van der Waals surface area contributed by atoms with Crippen LogP contribution in [0.3, 0.4) is 0 Å². The fourth-order valence-corrected chi connectivity index (χ4v) is 5.57. The van der Waals surface area contributed by atoms with Crippen molar-refractivity contribution in [3.63, 3.8) is 0 Å². The molecule has 1 aromatic heterocycles. The van der Waals surface area contributed by atoms with Crippen molar-refractivity contribution in [1.82, 2.24) is 14.5 Å². The van der Waals surface area contributed by atoms with Crippen LogP contribution in [0.2, 0.25) is 0 Å². The molecule has 2 aliphatic rings. The summed E-state index contributed by atoms with van der Waals surface area (Å²) in [7, 11) is 0. The molecule has 0 amide bonds. The van der Waals surface area contributed by atoms with Gasteiger partial charge in [-0.05, 0) is 42.0 Å². The van der Waals surface area contributed by atoms with Crippen molar-refractivity contribution < 1.29 is 5.11 Å². The van der Waals surface area contributed by atoms with E-state index in [2.05, 4.69) is 34.1 Å². The van der Waals surface area contributed by atoms with Crippen molar-refractivity contribution in [1.29, 1.82) is 0 Å². The van der Waals surface area contributed by atoms with E-state index in [1.54, 1.807) is 4.57 Å². The zero-order valence-electron chi connectivity index (χ0n) is 17.5. The molecule has 1 heterocycles. The summed E-state index contributed by atoms with van der Waals surface area (Å²) in [5.74, 6) is 0.0916. The Morgan fingerprint density at radius 2 is 1.57 bits per heavy atom. The Bertz CT molecular complexity index is 1050. The number of imidazole rings is 1. The zero-order valence-corrected chi connectivity index (χ0v) is 17.5. The standard InChI is InChI=1S/C25H31N3O2/c29-24-23(16-19-10-7-9-18-8-1-6-15-22(18)19)26-25(30)28(24)17-27(20-11-2-3-12-20)21-13-4-5-14-21/h1,6-10,15,20-21,29H,2-5,11-14,16-17H2,(H,26,30). The largest absolute Gasteiger partial charge is 0.493 e. The number of hydrogen-bond donors (Lipinski definition) is 2. The summed E-state index contributed by atoms with van der Waals surface area (Å²) in [4.78, 5) is 18.3. The van der Waals surface area contributed by atoms with E-state index in [9.17, 15) is 9.90 Å². The van der Waals surface area contributed by atoms with E-state index in [1.807, 2.05) is 18.2 Å². The molecule has 0 atom stereocenters. The van der Waals surface area contributed by atoms with Crippen molar-refractivity contribution in [2.75, 3.05) is 0 Å². The average molecular weight is 406 g/mol. The third kappa shape index (κ3) is 3.67. The summed E-state index contributed by atoms with van der Waals surface area (Å²) in [5, 5.41) is 13.3. The molecule has 2 saturated carbocycles. The van der Waals surface area contributed by atoms with Crippen LogP contribution in [-0.4, -0.2) is 31.6 Å². The molecule has 2 aromatic carbocycles. The molecule has 0 spiro atoms. The van der Waals surface area contributed by atoms with Crippen LogP contribution in [-0.2, 0) is 13.1 Å². The number of nitrogens with one attached hydrogen (secondary N) is 1. The predicted molar refractivity (Wildman–Crippen MR) is 120 cm³/mol. The topological polar surface area (TPSA) is 61.3 Å². The second kappa shape index (κ2) is 8.31. The summed E-state index contributed by atoms with van der Waals surface area (Å²) >= 11 is 0. The molecule has 0 bridgehead atoms. The van der Waals surface area contributed by atoms with Crippen LogP contribution in [0.5, 0.6) is 5.88 Å². The number of nitrogens with zero attached hydrogens (tertiary/aromatic N) is 2. The first kappa shape index (κ1) is 19.4. The SMILES string of the molecule is O=c1[nH]c(Cc2cccc3ccccc23)c(O)n1CN(C1CCCC1)C1CCCC1. The van der Waals surface area contributed by atoms with Crippen LogP contribution >= 0.6 is 0 Å². The Kier molecular flexibility index (Phi) is 5.38. The second-order valence-corrected chi connectivity index (χ2v) is 9.01. The summed E-state index contributed by atoms with van der Waals surface area (Å²) in [5.41, 5.74) is 1.51. The lowest BCUT2D eigenvalue weighted by molar-refractivity contribution is 0.0920. The van der Waals surface area contributed by atoms with Crippen molar-refractivity contribution in [2.45, 2.75) is 76.5 Å². The third-order valence-corrected chi connectivity index (χ3v) is 7.17. The first-order chi connectivity index (χ1) is 14.7. The van der Waals surface area contributed by atoms with Gasteiger partial charge < -0.3 is 10.1 Å². The number of H-pyrrole nitrogens is 1. The molecule has 2 N–H and O–H groups in total. The predicted octanol–water partition coefficient (Wildman–Crippen LogP) is 4.77. The number of aromatic amines is 1. The highest BCUT2D eigenvalue weighted by Gasteiger charge is 2.32. The quantitative estimate of drug-likeness (QED) is 0.621. The van der Waals surface area contributed by atoms with Crippen molar-refractivity contribution in [3.05, 3.63) is 64.2 Å². The molecule has 3 aromatic rings. The van der Waals surface area contributed by atoms with E-state index in [0.717, 1.165) is 10.9 Å². The monoisotopic (exact) mass is 405 g/mol. The molecular formula is C25H31N3O2. The van der Waals surface area contributed by atoms with Crippen LogP contribution in [0.15, 0.2) is 47.3 Å². The van der Waals surface area contributed by atoms with Crippen LogP contribution in [0.1, 0.15) is 62.6 Å². The Hall–Kier alpha value is -2.53. The number of aromatic hydroxyl groups is 1. The molecular weight excluding hydrogens is 374 g/mol. The van der Waals surface area contributed by atoms with Gasteiger partial charge in [-0.25, -0.2) is 9.36 Å². The zero-order chi connectivity index (χ0) is 20.5. The van der Waals surface area contributed by atoms with E-state index in [-0.39, 0.29) is 11.6 Å². The number of hydrogen-bond acceptors (Lipinski definition) is 3. The maximum atomic E-state index is 12.8. The lowest BCUT2D eigenvalue weighted by Gasteiger charge is -2.34. The first-order valence-electron chi connectivity index (χ1n) is 11.4. The number of fused-ring (bicyclic) bond motifs is 1. The Morgan fingerprint density at radius 1 is 0.933 bits per heavy atom. The minimum absolute atomic E-state index is 0.0916. The first-order valence-corrected chi connectivity index (χ1v) is 11.4. The molecule has 0 unspecified atom stereocenters. The number of rotatable bonds is 6. The van der Waals surface area contributed by atoms with Gasteiger partial charge in [-0.1, -0.05) is 68.1 Å². The highest BCUT2D eigenvalue weighted by molar-refractivity contribution is 5.85. The Morgan fingerprint density at radius 3 is 2.27 bits per heavy atom. The van der Waals surface area contributed by atoms with Gasteiger partial charge in [-0.2, -0.15) is 0 Å². The highest BCUT2D eigenvalue weighted by atomic mass is 16.3. The van der Waals surface area contributed by atoms with Gasteiger partial charge in [0.1, 0.15) is 0 Å². The van der Waals surface area contributed by atoms with Gasteiger partial charge in [-0.3, -0.25) is 4.90 Å². The molecule has 0 aliphatic heterocycles. The fourth-order valence-electron chi connectivity index (χ4n) is 5.57. The Balaban J connectivity index is 1.43. The summed E-state index contributed by atoms with van der Waals surface area (Å²) in [6.45, 7) is 0.492.